The van der Waals surface area contributed by atoms with Crippen molar-refractivity contribution in [2.24, 2.45) is 0 Å². The largest absolute Gasteiger partial charge is 0.498 e. The maximum absolute atomic E-state index is 5.43. The Bertz CT molecular complexity index is 305. The molecule has 0 saturated carbocycles. The second-order valence-electron chi connectivity index (χ2n) is 2.66. The molecule has 74 valence electrons. The van der Waals surface area contributed by atoms with Crippen LogP contribution in [0.4, 0.5) is 0 Å². The molecule has 1 rings (SSSR count). The molecular weight excluding hydrogens is 176 g/mol. The van der Waals surface area contributed by atoms with Gasteiger partial charge in [-0.2, -0.15) is 0 Å². The maximum atomic E-state index is 5.43. The van der Waals surface area contributed by atoms with Crippen LogP contribution in [0.5, 0.6) is 5.75 Å². The summed E-state index contributed by atoms with van der Waals surface area (Å²) in [4.78, 5) is 0. The van der Waals surface area contributed by atoms with Crippen molar-refractivity contribution in [2.75, 3.05) is 13.2 Å². The van der Waals surface area contributed by atoms with Crippen molar-refractivity contribution in [3.05, 3.63) is 49.2 Å². The van der Waals surface area contributed by atoms with E-state index < -0.39 is 0 Å². The number of hydrogen-bond donors (Lipinski definition) is 0. The lowest BCUT2D eigenvalue weighted by molar-refractivity contribution is 0.179. The fourth-order valence-electron chi connectivity index (χ4n) is 1.02. The van der Waals surface area contributed by atoms with Crippen molar-refractivity contribution in [1.29, 1.82) is 0 Å². The van der Waals surface area contributed by atoms with Crippen LogP contribution < -0.4 is 4.74 Å². The zero-order valence-corrected chi connectivity index (χ0v) is 8.11. The standard InChI is InChI=1S/C12H14O2/c1-3-11-6-5-7-12(10-11)14-9-8-13-4-2/h3-7,10H,1-2,8-9H2. The minimum Gasteiger partial charge on any atom is -0.498 e. The van der Waals surface area contributed by atoms with Crippen molar-refractivity contribution in [3.8, 4) is 5.75 Å². The van der Waals surface area contributed by atoms with Gasteiger partial charge in [0.15, 0.2) is 0 Å². The molecule has 14 heavy (non-hydrogen) atoms. The van der Waals surface area contributed by atoms with Crippen LogP contribution in [0.1, 0.15) is 5.56 Å². The number of ether oxygens (including phenoxy) is 2. The van der Waals surface area contributed by atoms with Gasteiger partial charge in [-0.05, 0) is 17.7 Å². The van der Waals surface area contributed by atoms with E-state index in [9.17, 15) is 0 Å². The Labute approximate surface area is 84.5 Å². The predicted molar refractivity (Wildman–Crippen MR) is 58.2 cm³/mol. The van der Waals surface area contributed by atoms with Gasteiger partial charge in [-0.3, -0.25) is 0 Å². The van der Waals surface area contributed by atoms with Crippen molar-refractivity contribution in [3.63, 3.8) is 0 Å². The van der Waals surface area contributed by atoms with E-state index in [0.29, 0.717) is 13.2 Å². The smallest absolute Gasteiger partial charge is 0.122 e. The maximum Gasteiger partial charge on any atom is 0.122 e. The summed E-state index contributed by atoms with van der Waals surface area (Å²) < 4.78 is 10.4. The van der Waals surface area contributed by atoms with Crippen LogP contribution in [0.2, 0.25) is 0 Å². The van der Waals surface area contributed by atoms with Gasteiger partial charge in [0.25, 0.3) is 0 Å². The van der Waals surface area contributed by atoms with Crippen LogP contribution in [0.15, 0.2) is 43.7 Å². The van der Waals surface area contributed by atoms with E-state index in [0.717, 1.165) is 11.3 Å². The second kappa shape index (κ2) is 5.86. The average molecular weight is 190 g/mol. The van der Waals surface area contributed by atoms with Gasteiger partial charge in [-0.25, -0.2) is 0 Å². The third kappa shape index (κ3) is 3.35. The molecule has 0 atom stereocenters. The van der Waals surface area contributed by atoms with Gasteiger partial charge < -0.3 is 9.47 Å². The fourth-order valence-corrected chi connectivity index (χ4v) is 1.02. The first-order chi connectivity index (χ1) is 6.86. The summed E-state index contributed by atoms with van der Waals surface area (Å²) in [6.45, 7) is 8.17. The molecule has 0 N–H and O–H groups in total. The molecule has 0 spiro atoms. The van der Waals surface area contributed by atoms with E-state index in [-0.39, 0.29) is 0 Å². The Morgan fingerprint density at radius 1 is 1.21 bits per heavy atom. The SMILES string of the molecule is C=COCCOc1cccc(C=C)c1. The van der Waals surface area contributed by atoms with Crippen molar-refractivity contribution in [2.45, 2.75) is 0 Å². The Hall–Kier alpha value is -1.70. The summed E-state index contributed by atoms with van der Waals surface area (Å²) in [7, 11) is 0. The molecule has 0 aliphatic heterocycles. The Morgan fingerprint density at radius 2 is 2.07 bits per heavy atom. The van der Waals surface area contributed by atoms with E-state index >= 15 is 0 Å². The van der Waals surface area contributed by atoms with Gasteiger partial charge in [0.2, 0.25) is 0 Å². The average Bonchev–Trinajstić information content (AvgIpc) is 2.25. The van der Waals surface area contributed by atoms with Gasteiger partial charge in [0.1, 0.15) is 19.0 Å². The zero-order chi connectivity index (χ0) is 10.2. The second-order valence-corrected chi connectivity index (χ2v) is 2.66. The van der Waals surface area contributed by atoms with Gasteiger partial charge in [-0.1, -0.05) is 31.4 Å². The van der Waals surface area contributed by atoms with Crippen LogP contribution in [0, 0.1) is 0 Å². The van der Waals surface area contributed by atoms with E-state index in [2.05, 4.69) is 13.2 Å². The molecule has 0 saturated heterocycles. The van der Waals surface area contributed by atoms with Crippen LogP contribution >= 0.6 is 0 Å². The molecule has 0 heterocycles. The third-order valence-electron chi connectivity index (χ3n) is 1.68. The molecule has 1 aromatic rings. The minimum atomic E-state index is 0.516. The predicted octanol–water partition coefficient (Wildman–Crippen LogP) is 2.87. The first kappa shape index (κ1) is 10.4. The van der Waals surface area contributed by atoms with Crippen LogP contribution in [-0.2, 0) is 4.74 Å². The van der Waals surface area contributed by atoms with E-state index in [4.69, 9.17) is 9.47 Å². The van der Waals surface area contributed by atoms with Crippen LogP contribution in [0.3, 0.4) is 0 Å². The monoisotopic (exact) mass is 190 g/mol. The lowest BCUT2D eigenvalue weighted by atomic mass is 10.2. The topological polar surface area (TPSA) is 18.5 Å². The number of rotatable bonds is 6. The summed E-state index contributed by atoms with van der Waals surface area (Å²) in [5.41, 5.74) is 1.05. The molecule has 0 fully saturated rings. The molecular formula is C12H14O2. The normalized spacial score (nSPS) is 9.14. The first-order valence-corrected chi connectivity index (χ1v) is 4.44. The summed E-state index contributed by atoms with van der Waals surface area (Å²) in [6.07, 6.45) is 3.19. The first-order valence-electron chi connectivity index (χ1n) is 4.44. The molecule has 0 bridgehead atoms. The fraction of sp³-hybridized carbons (Fsp3) is 0.167. The van der Waals surface area contributed by atoms with E-state index in [1.165, 1.54) is 6.26 Å². The Kier molecular flexibility index (Phi) is 4.35. The van der Waals surface area contributed by atoms with Crippen LogP contribution in [-0.4, -0.2) is 13.2 Å². The van der Waals surface area contributed by atoms with E-state index in [1.54, 1.807) is 6.08 Å². The van der Waals surface area contributed by atoms with Crippen molar-refractivity contribution >= 4 is 6.08 Å². The third-order valence-corrected chi connectivity index (χ3v) is 1.68. The number of benzene rings is 1. The van der Waals surface area contributed by atoms with Gasteiger partial charge in [-0.15, -0.1) is 0 Å². The highest BCUT2D eigenvalue weighted by molar-refractivity contribution is 5.49. The van der Waals surface area contributed by atoms with E-state index in [1.807, 2.05) is 24.3 Å². The lowest BCUT2D eigenvalue weighted by Gasteiger charge is -2.06. The highest BCUT2D eigenvalue weighted by atomic mass is 16.5. The van der Waals surface area contributed by atoms with Gasteiger partial charge in [0, 0.05) is 0 Å². The number of hydrogen-bond acceptors (Lipinski definition) is 2. The molecule has 0 unspecified atom stereocenters. The van der Waals surface area contributed by atoms with Crippen LogP contribution in [0.25, 0.3) is 6.08 Å². The highest BCUT2D eigenvalue weighted by Crippen LogP contribution is 2.13. The molecule has 1 aromatic carbocycles. The molecule has 2 heteroatoms. The van der Waals surface area contributed by atoms with Crippen molar-refractivity contribution in [1.82, 2.24) is 0 Å². The highest BCUT2D eigenvalue weighted by Gasteiger charge is 1.93. The molecule has 0 aliphatic carbocycles. The molecule has 2 nitrogen and oxygen atoms in total. The molecule has 0 aromatic heterocycles. The summed E-state index contributed by atoms with van der Waals surface area (Å²) in [5, 5.41) is 0. The minimum absolute atomic E-state index is 0.516. The summed E-state index contributed by atoms with van der Waals surface area (Å²) in [6, 6.07) is 7.74. The lowest BCUT2D eigenvalue weighted by Crippen LogP contribution is -2.03. The Morgan fingerprint density at radius 3 is 2.79 bits per heavy atom. The summed E-state index contributed by atoms with van der Waals surface area (Å²) in [5.74, 6) is 0.829. The van der Waals surface area contributed by atoms with Gasteiger partial charge >= 0.3 is 0 Å². The van der Waals surface area contributed by atoms with Gasteiger partial charge in [0.05, 0.1) is 6.26 Å². The van der Waals surface area contributed by atoms with Crippen molar-refractivity contribution < 1.29 is 9.47 Å². The quantitative estimate of drug-likeness (QED) is 0.507. The Balaban J connectivity index is 2.42. The molecule has 0 aliphatic rings. The zero-order valence-electron chi connectivity index (χ0n) is 8.11. The molecule has 0 amide bonds. The summed E-state index contributed by atoms with van der Waals surface area (Å²) >= 11 is 0. The molecule has 0 radical (unpaired) electrons.